The van der Waals surface area contributed by atoms with Crippen LogP contribution in [0, 0.1) is 0 Å². The lowest BCUT2D eigenvalue weighted by Crippen LogP contribution is -2.09. The van der Waals surface area contributed by atoms with Crippen molar-refractivity contribution < 1.29 is 0 Å². The maximum absolute atomic E-state index is 10.7. The smallest absolute Gasteiger partial charge is 0.254 e. The second-order valence-corrected chi connectivity index (χ2v) is 2.10. The van der Waals surface area contributed by atoms with Crippen LogP contribution in [-0.2, 0) is 5.33 Å². The van der Waals surface area contributed by atoms with Gasteiger partial charge in [0, 0.05) is 17.1 Å². The molecule has 48 valence electrons. The Hall–Kier alpha value is -0.640. The molecule has 0 fully saturated rings. The van der Waals surface area contributed by atoms with Gasteiger partial charge >= 0.3 is 0 Å². The number of aromatic amines is 1. The lowest BCUT2D eigenvalue weighted by molar-refractivity contribution is 1.07. The minimum atomic E-state index is -0.0816. The first-order chi connectivity index (χ1) is 4.34. The predicted octanol–water partition coefficient (Wildman–Crippen LogP) is 0.665. The third kappa shape index (κ3) is 1.38. The molecule has 0 spiro atoms. The number of aromatic nitrogens is 2. The molecule has 0 bridgehead atoms. The van der Waals surface area contributed by atoms with Gasteiger partial charge in [-0.2, -0.15) is 0 Å². The van der Waals surface area contributed by atoms with Gasteiger partial charge in [0.25, 0.3) is 5.56 Å². The fraction of sp³-hybridized carbons (Fsp3) is 0.200. The van der Waals surface area contributed by atoms with Crippen LogP contribution in [0.15, 0.2) is 17.3 Å². The van der Waals surface area contributed by atoms with Gasteiger partial charge in [-0.1, -0.05) is 15.9 Å². The summed E-state index contributed by atoms with van der Waals surface area (Å²) in [7, 11) is 0. The summed E-state index contributed by atoms with van der Waals surface area (Å²) >= 11 is 3.15. The van der Waals surface area contributed by atoms with Crippen molar-refractivity contribution in [3.63, 3.8) is 0 Å². The fourth-order valence-corrected chi connectivity index (χ4v) is 0.869. The van der Waals surface area contributed by atoms with Crippen LogP contribution in [-0.4, -0.2) is 9.97 Å². The molecule has 1 aromatic heterocycles. The third-order valence-corrected chi connectivity index (χ3v) is 1.54. The highest BCUT2D eigenvalue weighted by molar-refractivity contribution is 9.08. The number of nitrogens with zero attached hydrogens (tertiary/aromatic N) is 1. The van der Waals surface area contributed by atoms with Crippen LogP contribution in [0.25, 0.3) is 0 Å². The molecule has 1 N–H and O–H groups in total. The predicted molar refractivity (Wildman–Crippen MR) is 37.5 cm³/mol. The van der Waals surface area contributed by atoms with Gasteiger partial charge < -0.3 is 4.98 Å². The van der Waals surface area contributed by atoms with E-state index in [-0.39, 0.29) is 5.56 Å². The Labute approximate surface area is 60.3 Å². The zero-order chi connectivity index (χ0) is 6.69. The molecule has 0 amide bonds. The van der Waals surface area contributed by atoms with Gasteiger partial charge in [0.1, 0.15) is 0 Å². The van der Waals surface area contributed by atoms with Crippen LogP contribution >= 0.6 is 15.9 Å². The maximum Gasteiger partial charge on any atom is 0.254 e. The average Bonchev–Trinajstić information content (AvgIpc) is 1.89. The van der Waals surface area contributed by atoms with Gasteiger partial charge in [0.15, 0.2) is 0 Å². The Morgan fingerprint density at radius 2 is 2.56 bits per heavy atom. The molecule has 0 radical (unpaired) electrons. The van der Waals surface area contributed by atoms with Crippen LogP contribution in [0.1, 0.15) is 5.56 Å². The normalized spacial score (nSPS) is 9.44. The highest BCUT2D eigenvalue weighted by Gasteiger charge is 1.92. The van der Waals surface area contributed by atoms with Gasteiger partial charge in [-0.3, -0.25) is 4.79 Å². The summed E-state index contributed by atoms with van der Waals surface area (Å²) < 4.78 is 0. The van der Waals surface area contributed by atoms with Crippen LogP contribution in [0.5, 0.6) is 0 Å². The number of hydrogen-bond donors (Lipinski definition) is 1. The molecule has 1 heterocycles. The molecule has 0 atom stereocenters. The van der Waals surface area contributed by atoms with Crippen LogP contribution < -0.4 is 5.56 Å². The summed E-state index contributed by atoms with van der Waals surface area (Å²) in [4.78, 5) is 16.9. The van der Waals surface area contributed by atoms with Crippen molar-refractivity contribution in [3.8, 4) is 0 Å². The summed E-state index contributed by atoms with van der Waals surface area (Å²) in [6.45, 7) is 0. The van der Waals surface area contributed by atoms with Crippen molar-refractivity contribution in [1.82, 2.24) is 9.97 Å². The second kappa shape index (κ2) is 2.77. The Balaban J connectivity index is 3.16. The van der Waals surface area contributed by atoms with E-state index in [2.05, 4.69) is 25.9 Å². The number of H-pyrrole nitrogens is 1. The number of rotatable bonds is 1. The summed E-state index contributed by atoms with van der Waals surface area (Å²) in [5.74, 6) is 0. The molecule has 4 heteroatoms. The Bertz CT molecular complexity index is 245. The lowest BCUT2D eigenvalue weighted by Gasteiger charge is -1.87. The first kappa shape index (κ1) is 6.48. The molecule has 3 nitrogen and oxygen atoms in total. The number of alkyl halides is 1. The largest absolute Gasteiger partial charge is 0.313 e. The second-order valence-electron chi connectivity index (χ2n) is 1.54. The monoisotopic (exact) mass is 188 g/mol. The van der Waals surface area contributed by atoms with E-state index in [1.54, 1.807) is 0 Å². The van der Waals surface area contributed by atoms with Gasteiger partial charge in [-0.15, -0.1) is 0 Å². The maximum atomic E-state index is 10.7. The molecule has 0 unspecified atom stereocenters. The SMILES string of the molecule is O=c1[nH]cncc1CBr. The Morgan fingerprint density at radius 1 is 1.78 bits per heavy atom. The van der Waals surface area contributed by atoms with Crippen molar-refractivity contribution >= 4 is 15.9 Å². The van der Waals surface area contributed by atoms with Gasteiger partial charge in [0.05, 0.1) is 6.33 Å². The highest BCUT2D eigenvalue weighted by Crippen LogP contribution is 1.93. The molecule has 0 saturated carbocycles. The first-order valence-electron chi connectivity index (χ1n) is 2.42. The summed E-state index contributed by atoms with van der Waals surface area (Å²) in [6, 6.07) is 0. The fourth-order valence-electron chi connectivity index (χ4n) is 0.470. The van der Waals surface area contributed by atoms with E-state index in [4.69, 9.17) is 0 Å². The number of hydrogen-bond acceptors (Lipinski definition) is 2. The average molecular weight is 189 g/mol. The molecular formula is C5H5BrN2O. The quantitative estimate of drug-likeness (QED) is 0.659. The zero-order valence-electron chi connectivity index (χ0n) is 4.60. The zero-order valence-corrected chi connectivity index (χ0v) is 6.18. The minimum Gasteiger partial charge on any atom is -0.313 e. The van der Waals surface area contributed by atoms with Crippen molar-refractivity contribution in [3.05, 3.63) is 28.4 Å². The minimum absolute atomic E-state index is 0.0816. The van der Waals surface area contributed by atoms with E-state index >= 15 is 0 Å². The highest BCUT2D eigenvalue weighted by atomic mass is 79.9. The van der Waals surface area contributed by atoms with Crippen molar-refractivity contribution in [2.24, 2.45) is 0 Å². The van der Waals surface area contributed by atoms with Gasteiger partial charge in [-0.25, -0.2) is 4.98 Å². The molecule has 0 aliphatic rings. The van der Waals surface area contributed by atoms with E-state index in [1.165, 1.54) is 12.5 Å². The molecule has 0 aliphatic carbocycles. The van der Waals surface area contributed by atoms with E-state index in [9.17, 15) is 4.79 Å². The third-order valence-electron chi connectivity index (χ3n) is 0.936. The summed E-state index contributed by atoms with van der Waals surface area (Å²) in [5.41, 5.74) is 0.569. The molecule has 9 heavy (non-hydrogen) atoms. The van der Waals surface area contributed by atoms with E-state index in [1.807, 2.05) is 0 Å². The Morgan fingerprint density at radius 3 is 3.00 bits per heavy atom. The van der Waals surface area contributed by atoms with E-state index in [0.29, 0.717) is 10.9 Å². The van der Waals surface area contributed by atoms with Gasteiger partial charge in [-0.05, 0) is 0 Å². The Kier molecular flexibility index (Phi) is 2.00. The van der Waals surface area contributed by atoms with Crippen LogP contribution in [0.2, 0.25) is 0 Å². The lowest BCUT2D eigenvalue weighted by atomic mass is 10.4. The summed E-state index contributed by atoms with van der Waals surface area (Å²) in [5, 5.41) is 0.552. The van der Waals surface area contributed by atoms with Crippen molar-refractivity contribution in [2.45, 2.75) is 5.33 Å². The molecule has 1 rings (SSSR count). The molecule has 1 aromatic rings. The van der Waals surface area contributed by atoms with Crippen molar-refractivity contribution in [2.75, 3.05) is 0 Å². The summed E-state index contributed by atoms with van der Waals surface area (Å²) in [6.07, 6.45) is 2.90. The van der Waals surface area contributed by atoms with E-state index in [0.717, 1.165) is 0 Å². The molecular weight excluding hydrogens is 184 g/mol. The van der Waals surface area contributed by atoms with E-state index < -0.39 is 0 Å². The van der Waals surface area contributed by atoms with Crippen molar-refractivity contribution in [1.29, 1.82) is 0 Å². The van der Waals surface area contributed by atoms with Crippen LogP contribution in [0.4, 0.5) is 0 Å². The topological polar surface area (TPSA) is 45.8 Å². The number of nitrogens with one attached hydrogen (secondary N) is 1. The standard InChI is InChI=1S/C5H5BrN2O/c6-1-4-2-7-3-8-5(4)9/h2-3H,1H2,(H,7,8,9). The van der Waals surface area contributed by atoms with Gasteiger partial charge in [0.2, 0.25) is 0 Å². The molecule has 0 saturated heterocycles. The van der Waals surface area contributed by atoms with Crippen LogP contribution in [0.3, 0.4) is 0 Å². The number of halogens is 1. The molecule has 0 aromatic carbocycles. The first-order valence-corrected chi connectivity index (χ1v) is 3.54. The molecule has 0 aliphatic heterocycles.